The molecule has 4 heterocycles. The molecule has 0 radical (unpaired) electrons. The standard InChI is InChI=1S/C15H17N3O3S3/c1-8-6-22-13-10(14(20)21)11(19)9-7-23-15(24-12(9)18(8)13)17-4-2-16-3-5-17/h6,15-16H,2-5,7H2,1H3,(H,20,21). The van der Waals surface area contributed by atoms with E-state index in [4.69, 9.17) is 0 Å². The van der Waals surface area contributed by atoms with E-state index in [9.17, 15) is 14.7 Å². The van der Waals surface area contributed by atoms with Crippen LogP contribution in [0, 0.1) is 6.92 Å². The lowest BCUT2D eigenvalue weighted by Gasteiger charge is -2.36. The molecule has 0 spiro atoms. The van der Waals surface area contributed by atoms with Crippen LogP contribution in [-0.2, 0) is 5.75 Å². The number of aryl methyl sites for hydroxylation is 1. The van der Waals surface area contributed by atoms with Crippen molar-refractivity contribution in [3.8, 4) is 0 Å². The number of thiazole rings is 1. The number of aromatic carboxylic acids is 1. The van der Waals surface area contributed by atoms with Gasteiger partial charge in [0.05, 0.1) is 5.03 Å². The SMILES string of the molecule is Cc1csc2c(C(=O)O)c(=O)c3c(n12)SC(N1CCNCC1)SC3. The molecule has 2 N–H and O–H groups in total. The lowest BCUT2D eigenvalue weighted by molar-refractivity contribution is 0.0697. The van der Waals surface area contributed by atoms with E-state index in [0.717, 1.165) is 36.9 Å². The van der Waals surface area contributed by atoms with Gasteiger partial charge in [-0.05, 0) is 6.92 Å². The van der Waals surface area contributed by atoms with Gasteiger partial charge in [-0.25, -0.2) is 4.79 Å². The third-order valence-corrected chi connectivity index (χ3v) is 8.28. The average Bonchev–Trinajstić information content (AvgIpc) is 2.97. The van der Waals surface area contributed by atoms with Crippen molar-refractivity contribution >= 4 is 45.7 Å². The molecule has 1 fully saturated rings. The van der Waals surface area contributed by atoms with E-state index in [0.29, 0.717) is 16.1 Å². The minimum absolute atomic E-state index is 0.0892. The first-order chi connectivity index (χ1) is 11.6. The summed E-state index contributed by atoms with van der Waals surface area (Å²) in [4.78, 5) is 27.3. The summed E-state index contributed by atoms with van der Waals surface area (Å²) >= 11 is 4.74. The molecule has 2 aliphatic rings. The fourth-order valence-electron chi connectivity index (χ4n) is 3.11. The van der Waals surface area contributed by atoms with Gasteiger partial charge in [-0.2, -0.15) is 0 Å². The van der Waals surface area contributed by atoms with Crippen molar-refractivity contribution in [1.82, 2.24) is 14.6 Å². The number of nitrogens with zero attached hydrogens (tertiary/aromatic N) is 2. The molecule has 2 aromatic rings. The van der Waals surface area contributed by atoms with Crippen molar-refractivity contribution in [3.63, 3.8) is 0 Å². The number of aromatic nitrogens is 1. The molecule has 0 saturated carbocycles. The Morgan fingerprint density at radius 1 is 1.38 bits per heavy atom. The molecular weight excluding hydrogens is 366 g/mol. The van der Waals surface area contributed by atoms with Crippen molar-refractivity contribution in [2.75, 3.05) is 26.2 Å². The first-order valence-electron chi connectivity index (χ1n) is 7.70. The van der Waals surface area contributed by atoms with Gasteiger partial charge >= 0.3 is 5.97 Å². The highest BCUT2D eigenvalue weighted by Gasteiger charge is 2.32. The van der Waals surface area contributed by atoms with Crippen LogP contribution in [0.1, 0.15) is 21.6 Å². The lowest BCUT2D eigenvalue weighted by atomic mass is 10.2. The second kappa shape index (κ2) is 6.38. The Labute approximate surface area is 151 Å². The van der Waals surface area contributed by atoms with Crippen molar-refractivity contribution < 1.29 is 9.90 Å². The summed E-state index contributed by atoms with van der Waals surface area (Å²) in [5.74, 6) is -0.574. The minimum atomic E-state index is -1.14. The van der Waals surface area contributed by atoms with Crippen molar-refractivity contribution in [2.45, 2.75) is 22.4 Å². The first-order valence-corrected chi connectivity index (χ1v) is 10.5. The molecule has 0 aliphatic carbocycles. The number of thioether (sulfide) groups is 2. The van der Waals surface area contributed by atoms with E-state index >= 15 is 0 Å². The van der Waals surface area contributed by atoms with Gasteiger partial charge in [-0.15, -0.1) is 23.1 Å². The molecule has 6 nitrogen and oxygen atoms in total. The van der Waals surface area contributed by atoms with E-state index in [2.05, 4.69) is 10.2 Å². The second-order valence-electron chi connectivity index (χ2n) is 5.83. The number of hydrogen-bond donors (Lipinski definition) is 2. The van der Waals surface area contributed by atoms with Crippen LogP contribution in [0.25, 0.3) is 4.83 Å². The van der Waals surface area contributed by atoms with Crippen LogP contribution >= 0.6 is 34.9 Å². The average molecular weight is 384 g/mol. The predicted molar refractivity (Wildman–Crippen MR) is 98.6 cm³/mol. The third kappa shape index (κ3) is 2.59. The number of nitrogens with one attached hydrogen (secondary N) is 1. The molecule has 2 aromatic heterocycles. The molecule has 4 rings (SSSR count). The van der Waals surface area contributed by atoms with Crippen LogP contribution in [0.5, 0.6) is 0 Å². The number of carboxylic acid groups (broad SMARTS) is 1. The van der Waals surface area contributed by atoms with Crippen LogP contribution < -0.4 is 10.7 Å². The monoisotopic (exact) mass is 383 g/mol. The van der Waals surface area contributed by atoms with E-state index < -0.39 is 5.97 Å². The first kappa shape index (κ1) is 16.5. The topological polar surface area (TPSA) is 74.0 Å². The molecule has 1 saturated heterocycles. The van der Waals surface area contributed by atoms with E-state index in [1.807, 2.05) is 16.7 Å². The number of carboxylic acids is 1. The molecule has 2 aliphatic heterocycles. The van der Waals surface area contributed by atoms with Crippen molar-refractivity contribution in [2.24, 2.45) is 0 Å². The summed E-state index contributed by atoms with van der Waals surface area (Å²) in [6, 6.07) is 0. The smallest absolute Gasteiger partial charge is 0.342 e. The molecule has 0 bridgehead atoms. The van der Waals surface area contributed by atoms with E-state index in [1.165, 1.54) is 11.3 Å². The van der Waals surface area contributed by atoms with Gasteiger partial charge in [-0.1, -0.05) is 11.8 Å². The molecule has 0 amide bonds. The molecule has 1 atom stereocenters. The highest BCUT2D eigenvalue weighted by Crippen LogP contribution is 2.43. The fourth-order valence-corrected chi connectivity index (χ4v) is 7.23. The maximum Gasteiger partial charge on any atom is 0.342 e. The van der Waals surface area contributed by atoms with Gasteiger partial charge in [0, 0.05) is 48.6 Å². The van der Waals surface area contributed by atoms with Crippen molar-refractivity contribution in [1.29, 1.82) is 0 Å². The van der Waals surface area contributed by atoms with Crippen LogP contribution in [-0.4, -0.2) is 51.3 Å². The summed E-state index contributed by atoms with van der Waals surface area (Å²) in [7, 11) is 0. The fraction of sp³-hybridized carbons (Fsp3) is 0.467. The minimum Gasteiger partial charge on any atom is -0.477 e. The number of rotatable bonds is 2. The Morgan fingerprint density at radius 2 is 2.12 bits per heavy atom. The van der Waals surface area contributed by atoms with Gasteiger partial charge < -0.3 is 10.4 Å². The summed E-state index contributed by atoms with van der Waals surface area (Å²) in [5, 5.41) is 15.7. The van der Waals surface area contributed by atoms with Crippen LogP contribution in [0.3, 0.4) is 0 Å². The Bertz CT molecular complexity index is 870. The number of pyridine rings is 1. The Balaban J connectivity index is 1.84. The maximum atomic E-state index is 12.7. The number of fused-ring (bicyclic) bond motifs is 3. The Morgan fingerprint density at radius 3 is 2.83 bits per heavy atom. The van der Waals surface area contributed by atoms with Gasteiger partial charge in [0.15, 0.2) is 0 Å². The third-order valence-electron chi connectivity index (χ3n) is 4.32. The zero-order valence-electron chi connectivity index (χ0n) is 13.1. The molecular formula is C15H17N3O3S3. The molecule has 9 heteroatoms. The number of carbonyl (C=O) groups is 1. The zero-order chi connectivity index (χ0) is 16.8. The van der Waals surface area contributed by atoms with Gasteiger partial charge in [0.2, 0.25) is 5.43 Å². The maximum absolute atomic E-state index is 12.7. The summed E-state index contributed by atoms with van der Waals surface area (Å²) < 4.78 is 2.23. The van der Waals surface area contributed by atoms with E-state index in [-0.39, 0.29) is 15.7 Å². The largest absolute Gasteiger partial charge is 0.477 e. The Hall–Kier alpha value is -1.00. The zero-order valence-corrected chi connectivity index (χ0v) is 15.5. The quantitative estimate of drug-likeness (QED) is 0.820. The lowest BCUT2D eigenvalue weighted by Crippen LogP contribution is -2.47. The highest BCUT2D eigenvalue weighted by molar-refractivity contribution is 8.17. The predicted octanol–water partition coefficient (Wildman–Crippen LogP) is 1.90. The van der Waals surface area contributed by atoms with E-state index in [1.54, 1.807) is 23.5 Å². The summed E-state index contributed by atoms with van der Waals surface area (Å²) in [6.45, 7) is 5.91. The normalized spacial score (nSPS) is 21.8. The molecule has 1 unspecified atom stereocenters. The summed E-state index contributed by atoms with van der Waals surface area (Å²) in [5.41, 5.74) is 1.20. The molecule has 128 valence electrons. The molecule has 0 aromatic carbocycles. The van der Waals surface area contributed by atoms with Crippen LogP contribution in [0.15, 0.2) is 15.2 Å². The number of hydrogen-bond acceptors (Lipinski definition) is 7. The van der Waals surface area contributed by atoms with Gasteiger partial charge in [0.1, 0.15) is 15.1 Å². The highest BCUT2D eigenvalue weighted by atomic mass is 32.2. The Kier molecular flexibility index (Phi) is 4.38. The van der Waals surface area contributed by atoms with Gasteiger partial charge in [0.25, 0.3) is 0 Å². The second-order valence-corrected chi connectivity index (χ2v) is 9.13. The number of piperazine rings is 1. The van der Waals surface area contributed by atoms with Gasteiger partial charge in [-0.3, -0.25) is 14.1 Å². The molecule has 24 heavy (non-hydrogen) atoms. The summed E-state index contributed by atoms with van der Waals surface area (Å²) in [6.07, 6.45) is 0. The van der Waals surface area contributed by atoms with Crippen LogP contribution in [0.2, 0.25) is 0 Å². The van der Waals surface area contributed by atoms with Crippen molar-refractivity contribution in [3.05, 3.63) is 32.4 Å². The van der Waals surface area contributed by atoms with Crippen LogP contribution in [0.4, 0.5) is 0 Å².